The van der Waals surface area contributed by atoms with Crippen LogP contribution >= 0.6 is 11.8 Å². The minimum Gasteiger partial charge on any atom is -0.353 e. The number of hydrogen-bond donors (Lipinski definition) is 1. The Morgan fingerprint density at radius 3 is 2.70 bits per heavy atom. The van der Waals surface area contributed by atoms with Gasteiger partial charge in [-0.3, -0.25) is 9.36 Å². The normalized spacial score (nSPS) is 11.9. The number of carbonyl (C=O) groups is 1. The highest BCUT2D eigenvalue weighted by Gasteiger charge is 2.14. The molecule has 0 saturated carbocycles. The quantitative estimate of drug-likeness (QED) is 0.603. The van der Waals surface area contributed by atoms with Crippen molar-refractivity contribution in [2.24, 2.45) is 0 Å². The molecule has 27 heavy (non-hydrogen) atoms. The Labute approximate surface area is 162 Å². The molecule has 0 bridgehead atoms. The number of para-hydroxylation sites is 1. The van der Waals surface area contributed by atoms with Gasteiger partial charge in [0.2, 0.25) is 5.91 Å². The van der Waals surface area contributed by atoms with Crippen LogP contribution < -0.4 is 5.32 Å². The maximum Gasteiger partial charge on any atom is 0.230 e. The first-order chi connectivity index (χ1) is 13.1. The van der Waals surface area contributed by atoms with E-state index in [1.165, 1.54) is 29.7 Å². The van der Waals surface area contributed by atoms with E-state index in [4.69, 9.17) is 0 Å². The topological polar surface area (TPSA) is 59.8 Å². The summed E-state index contributed by atoms with van der Waals surface area (Å²) in [5.41, 5.74) is 1.62. The number of thioether (sulfide) groups is 1. The fourth-order valence-electron chi connectivity index (χ4n) is 2.68. The van der Waals surface area contributed by atoms with Crippen LogP contribution in [0.1, 0.15) is 18.9 Å². The summed E-state index contributed by atoms with van der Waals surface area (Å²) >= 11 is 1.23. The Balaban J connectivity index is 1.50. The molecule has 0 unspecified atom stereocenters. The Bertz CT molecular complexity index is 884. The molecule has 0 saturated heterocycles. The van der Waals surface area contributed by atoms with Gasteiger partial charge in [-0.1, -0.05) is 54.2 Å². The lowest BCUT2D eigenvalue weighted by Gasteiger charge is -2.14. The SMILES string of the molecule is C[C@H](CCc1ccccc1)NC(=O)CSc1nncn1-c1ccccc1F. The molecule has 1 heterocycles. The van der Waals surface area contributed by atoms with E-state index in [2.05, 4.69) is 27.6 Å². The minimum atomic E-state index is -0.363. The number of nitrogens with one attached hydrogen (secondary N) is 1. The van der Waals surface area contributed by atoms with E-state index in [1.54, 1.807) is 22.8 Å². The van der Waals surface area contributed by atoms with Gasteiger partial charge >= 0.3 is 0 Å². The Kier molecular flexibility index (Phi) is 6.59. The van der Waals surface area contributed by atoms with Gasteiger partial charge < -0.3 is 5.32 Å². The van der Waals surface area contributed by atoms with Gasteiger partial charge in [-0.15, -0.1) is 10.2 Å². The molecule has 5 nitrogen and oxygen atoms in total. The number of carbonyl (C=O) groups excluding carboxylic acids is 1. The summed E-state index contributed by atoms with van der Waals surface area (Å²) in [4.78, 5) is 12.2. The largest absolute Gasteiger partial charge is 0.353 e. The number of hydrogen-bond acceptors (Lipinski definition) is 4. The van der Waals surface area contributed by atoms with Crippen LogP contribution in [0.25, 0.3) is 5.69 Å². The number of aryl methyl sites for hydroxylation is 1. The van der Waals surface area contributed by atoms with Crippen LogP contribution in [0.4, 0.5) is 4.39 Å². The zero-order chi connectivity index (χ0) is 19.1. The second-order valence-corrected chi connectivity index (χ2v) is 7.16. The average Bonchev–Trinajstić information content (AvgIpc) is 3.14. The molecule has 140 valence electrons. The first-order valence-corrected chi connectivity index (χ1v) is 9.73. The molecule has 2 aromatic carbocycles. The molecule has 3 aromatic rings. The molecule has 0 aliphatic heterocycles. The summed E-state index contributed by atoms with van der Waals surface area (Å²) in [6.45, 7) is 1.99. The van der Waals surface area contributed by atoms with Gasteiger partial charge in [-0.25, -0.2) is 4.39 Å². The van der Waals surface area contributed by atoms with Gasteiger partial charge in [0.1, 0.15) is 12.1 Å². The molecule has 0 aliphatic rings. The van der Waals surface area contributed by atoms with Crippen molar-refractivity contribution in [3.63, 3.8) is 0 Å². The molecular formula is C20H21FN4OS. The van der Waals surface area contributed by atoms with Gasteiger partial charge in [0.05, 0.1) is 11.4 Å². The molecule has 0 spiro atoms. The summed E-state index contributed by atoms with van der Waals surface area (Å²) in [5.74, 6) is -0.246. The molecule has 7 heteroatoms. The molecular weight excluding hydrogens is 363 g/mol. The highest BCUT2D eigenvalue weighted by atomic mass is 32.2. The number of rotatable bonds is 8. The first kappa shape index (κ1) is 19.1. The van der Waals surface area contributed by atoms with Crippen molar-refractivity contribution in [2.75, 3.05) is 5.75 Å². The Morgan fingerprint density at radius 1 is 1.19 bits per heavy atom. The first-order valence-electron chi connectivity index (χ1n) is 8.74. The third-order valence-electron chi connectivity index (χ3n) is 4.08. The van der Waals surface area contributed by atoms with Crippen molar-refractivity contribution in [1.29, 1.82) is 0 Å². The predicted octanol–water partition coefficient (Wildman–Crippen LogP) is 3.64. The Morgan fingerprint density at radius 2 is 1.93 bits per heavy atom. The van der Waals surface area contributed by atoms with Crippen molar-refractivity contribution >= 4 is 17.7 Å². The fraction of sp³-hybridized carbons (Fsp3) is 0.250. The van der Waals surface area contributed by atoms with Crippen molar-refractivity contribution in [2.45, 2.75) is 31.0 Å². The summed E-state index contributed by atoms with van der Waals surface area (Å²) < 4.78 is 15.5. The number of halogens is 1. The van der Waals surface area contributed by atoms with E-state index in [0.29, 0.717) is 10.8 Å². The number of aromatic nitrogens is 3. The smallest absolute Gasteiger partial charge is 0.230 e. The van der Waals surface area contributed by atoms with Gasteiger partial charge in [0.15, 0.2) is 5.16 Å². The van der Waals surface area contributed by atoms with E-state index in [0.717, 1.165) is 12.8 Å². The highest BCUT2D eigenvalue weighted by Crippen LogP contribution is 2.21. The molecule has 1 N–H and O–H groups in total. The maximum absolute atomic E-state index is 14.0. The van der Waals surface area contributed by atoms with E-state index in [1.807, 2.05) is 25.1 Å². The number of benzene rings is 2. The molecule has 1 aromatic heterocycles. The van der Waals surface area contributed by atoms with Crippen molar-refractivity contribution < 1.29 is 9.18 Å². The fourth-order valence-corrected chi connectivity index (χ4v) is 3.41. The lowest BCUT2D eigenvalue weighted by molar-refractivity contribution is -0.119. The van der Waals surface area contributed by atoms with Gasteiger partial charge in [0, 0.05) is 6.04 Å². The van der Waals surface area contributed by atoms with Crippen LogP contribution in [0.2, 0.25) is 0 Å². The summed E-state index contributed by atoms with van der Waals surface area (Å²) in [6.07, 6.45) is 3.23. The van der Waals surface area contributed by atoms with Crippen LogP contribution in [-0.2, 0) is 11.2 Å². The van der Waals surface area contributed by atoms with Gasteiger partial charge in [-0.05, 0) is 37.5 Å². The third kappa shape index (κ3) is 5.40. The van der Waals surface area contributed by atoms with Crippen molar-refractivity contribution in [3.05, 3.63) is 72.3 Å². The Hall–Kier alpha value is -2.67. The standard InChI is InChI=1S/C20H21FN4OS/c1-15(11-12-16-7-3-2-4-8-16)23-19(26)13-27-20-24-22-14-25(20)18-10-6-5-9-17(18)21/h2-10,14-15H,11-13H2,1H3,(H,23,26)/t15-/m1/s1. The zero-order valence-corrected chi connectivity index (χ0v) is 15.8. The second kappa shape index (κ2) is 9.32. The van der Waals surface area contributed by atoms with Gasteiger partial charge in [-0.2, -0.15) is 0 Å². The minimum absolute atomic E-state index is 0.0720. The van der Waals surface area contributed by atoms with E-state index in [-0.39, 0.29) is 23.5 Å². The highest BCUT2D eigenvalue weighted by molar-refractivity contribution is 7.99. The lowest BCUT2D eigenvalue weighted by atomic mass is 10.1. The summed E-state index contributed by atoms with van der Waals surface area (Å²) in [7, 11) is 0. The molecule has 3 rings (SSSR count). The van der Waals surface area contributed by atoms with Crippen LogP contribution in [0.5, 0.6) is 0 Å². The molecule has 1 atom stereocenters. The molecule has 0 fully saturated rings. The third-order valence-corrected chi connectivity index (χ3v) is 5.02. The van der Waals surface area contributed by atoms with Gasteiger partial charge in [0.25, 0.3) is 0 Å². The maximum atomic E-state index is 14.0. The average molecular weight is 384 g/mol. The number of amides is 1. The molecule has 0 aliphatic carbocycles. The van der Waals surface area contributed by atoms with Crippen LogP contribution in [0.3, 0.4) is 0 Å². The molecule has 0 radical (unpaired) electrons. The second-order valence-electron chi connectivity index (χ2n) is 6.22. The van der Waals surface area contributed by atoms with E-state index in [9.17, 15) is 9.18 Å². The summed E-state index contributed by atoms with van der Waals surface area (Å²) in [5, 5.41) is 11.3. The molecule has 1 amide bonds. The predicted molar refractivity (Wildman–Crippen MR) is 104 cm³/mol. The summed E-state index contributed by atoms with van der Waals surface area (Å²) in [6, 6.07) is 16.7. The van der Waals surface area contributed by atoms with Crippen molar-refractivity contribution in [1.82, 2.24) is 20.1 Å². The van der Waals surface area contributed by atoms with Crippen molar-refractivity contribution in [3.8, 4) is 5.69 Å². The van der Waals surface area contributed by atoms with E-state index >= 15 is 0 Å². The lowest BCUT2D eigenvalue weighted by Crippen LogP contribution is -2.34. The number of nitrogens with zero attached hydrogens (tertiary/aromatic N) is 3. The van der Waals surface area contributed by atoms with Crippen LogP contribution in [0, 0.1) is 5.82 Å². The van der Waals surface area contributed by atoms with E-state index < -0.39 is 0 Å². The van der Waals surface area contributed by atoms with Crippen LogP contribution in [0.15, 0.2) is 66.1 Å². The monoisotopic (exact) mass is 384 g/mol. The van der Waals surface area contributed by atoms with Crippen LogP contribution in [-0.4, -0.2) is 32.5 Å². The zero-order valence-electron chi connectivity index (χ0n) is 15.0.